The highest BCUT2D eigenvalue weighted by molar-refractivity contribution is 8.04. The van der Waals surface area contributed by atoms with E-state index in [-0.39, 0.29) is 18.4 Å². The Morgan fingerprint density at radius 2 is 1.70 bits per heavy atom. The first-order valence-corrected chi connectivity index (χ1v) is 9.99. The average molecular weight is 382 g/mol. The molecule has 0 atom stereocenters. The summed E-state index contributed by atoms with van der Waals surface area (Å²) in [6, 6.07) is 11.0. The molecule has 0 radical (unpaired) electrons. The normalized spacial score (nSPS) is 14.2. The van der Waals surface area contributed by atoms with Gasteiger partial charge in [-0.25, -0.2) is 0 Å². The van der Waals surface area contributed by atoms with Gasteiger partial charge in [0.15, 0.2) is 0 Å². The maximum absolute atomic E-state index is 13.0. The summed E-state index contributed by atoms with van der Waals surface area (Å²) in [5.74, 6) is 0.995. The number of carbonyl (C=O) groups is 2. The lowest BCUT2D eigenvalue weighted by molar-refractivity contribution is -0.137. The van der Waals surface area contributed by atoms with Crippen LogP contribution in [0.5, 0.6) is 5.75 Å². The first-order valence-electron chi connectivity index (χ1n) is 9.01. The van der Waals surface area contributed by atoms with E-state index in [1.54, 1.807) is 12.4 Å². The number of pyridine rings is 1. The Morgan fingerprint density at radius 3 is 2.33 bits per heavy atom. The van der Waals surface area contributed by atoms with Crippen LogP contribution >= 0.6 is 11.8 Å². The van der Waals surface area contributed by atoms with Crippen molar-refractivity contribution < 1.29 is 14.3 Å². The van der Waals surface area contributed by atoms with Gasteiger partial charge in [-0.2, -0.15) is 0 Å². The molecule has 3 rings (SSSR count). The topological polar surface area (TPSA) is 59.5 Å². The van der Waals surface area contributed by atoms with Crippen LogP contribution in [0.1, 0.15) is 31.4 Å². The van der Waals surface area contributed by atoms with Crippen molar-refractivity contribution in [3.05, 3.63) is 64.8 Å². The zero-order valence-corrected chi connectivity index (χ0v) is 16.3. The van der Waals surface area contributed by atoms with Crippen LogP contribution in [0.2, 0.25) is 0 Å². The van der Waals surface area contributed by atoms with Crippen molar-refractivity contribution >= 4 is 29.1 Å². The summed E-state index contributed by atoms with van der Waals surface area (Å²) in [6.07, 6.45) is 4.25. The molecule has 2 heterocycles. The molecule has 27 heavy (non-hydrogen) atoms. The lowest BCUT2D eigenvalue weighted by atomic mass is 10.1. The minimum absolute atomic E-state index is 0.232. The summed E-state index contributed by atoms with van der Waals surface area (Å²) in [6.45, 7) is 4.92. The van der Waals surface area contributed by atoms with E-state index in [4.69, 9.17) is 4.74 Å². The maximum atomic E-state index is 13.0. The summed E-state index contributed by atoms with van der Waals surface area (Å²) in [5.41, 5.74) is 2.09. The second kappa shape index (κ2) is 8.86. The van der Waals surface area contributed by atoms with Crippen molar-refractivity contribution in [1.82, 2.24) is 9.88 Å². The molecular formula is C21H22N2O3S. The molecule has 0 bridgehead atoms. The van der Waals surface area contributed by atoms with Gasteiger partial charge in [0.2, 0.25) is 0 Å². The quantitative estimate of drug-likeness (QED) is 0.648. The molecule has 0 saturated heterocycles. The van der Waals surface area contributed by atoms with Gasteiger partial charge in [-0.15, -0.1) is 11.8 Å². The van der Waals surface area contributed by atoms with Gasteiger partial charge in [0, 0.05) is 12.4 Å². The standard InChI is InChI=1S/C21H22N2O3S/c1-3-13-26-17-7-5-16(6-8-17)18-19(27-4-2)21(25)23(20(18)24)14-15-9-11-22-12-10-15/h5-12H,3-4,13-14H2,1-2H3. The minimum atomic E-state index is -0.255. The molecule has 1 aromatic heterocycles. The maximum Gasteiger partial charge on any atom is 0.268 e. The molecule has 0 unspecified atom stereocenters. The van der Waals surface area contributed by atoms with Gasteiger partial charge in [0.1, 0.15) is 5.75 Å². The largest absolute Gasteiger partial charge is 0.494 e. The van der Waals surface area contributed by atoms with E-state index in [9.17, 15) is 9.59 Å². The van der Waals surface area contributed by atoms with E-state index in [0.29, 0.717) is 17.1 Å². The summed E-state index contributed by atoms with van der Waals surface area (Å²) in [7, 11) is 0. The van der Waals surface area contributed by atoms with Gasteiger partial charge >= 0.3 is 0 Å². The van der Waals surface area contributed by atoms with Crippen molar-refractivity contribution in [2.45, 2.75) is 26.8 Å². The second-order valence-electron chi connectivity index (χ2n) is 6.06. The molecule has 6 heteroatoms. The lowest BCUT2D eigenvalue weighted by Gasteiger charge is -2.15. The highest BCUT2D eigenvalue weighted by Gasteiger charge is 2.38. The first kappa shape index (κ1) is 19.2. The van der Waals surface area contributed by atoms with Crippen molar-refractivity contribution in [2.75, 3.05) is 12.4 Å². The number of hydrogen-bond donors (Lipinski definition) is 0. The number of carbonyl (C=O) groups excluding carboxylic acids is 2. The number of amides is 2. The number of benzene rings is 1. The van der Waals surface area contributed by atoms with Crippen molar-refractivity contribution in [3.63, 3.8) is 0 Å². The predicted octanol–water partition coefficient (Wildman–Crippen LogP) is 3.90. The molecule has 2 aromatic rings. The van der Waals surface area contributed by atoms with E-state index in [2.05, 4.69) is 4.98 Å². The predicted molar refractivity (Wildman–Crippen MR) is 107 cm³/mol. The molecule has 0 N–H and O–H groups in total. The fourth-order valence-electron chi connectivity index (χ4n) is 2.84. The molecule has 0 spiro atoms. The number of hydrogen-bond acceptors (Lipinski definition) is 5. The van der Waals surface area contributed by atoms with E-state index in [0.717, 1.165) is 29.1 Å². The van der Waals surface area contributed by atoms with Gasteiger partial charge in [0.25, 0.3) is 11.8 Å². The third-order valence-corrected chi connectivity index (χ3v) is 5.08. The van der Waals surface area contributed by atoms with E-state index in [1.807, 2.05) is 50.2 Å². The Bertz CT molecular complexity index is 847. The minimum Gasteiger partial charge on any atom is -0.494 e. The van der Waals surface area contributed by atoms with Gasteiger partial charge in [0.05, 0.1) is 23.6 Å². The summed E-state index contributed by atoms with van der Waals surface area (Å²) >= 11 is 1.41. The zero-order valence-electron chi connectivity index (χ0n) is 15.5. The average Bonchev–Trinajstić information content (AvgIpc) is 2.92. The molecule has 1 aliphatic rings. The molecule has 0 saturated carbocycles. The molecule has 140 valence electrons. The van der Waals surface area contributed by atoms with Gasteiger partial charge in [-0.3, -0.25) is 19.5 Å². The SMILES string of the molecule is CCCOc1ccc(C2=C(SCC)C(=O)N(Cc3ccncc3)C2=O)cc1. The Labute approximate surface area is 163 Å². The van der Waals surface area contributed by atoms with Gasteiger partial charge in [-0.05, 0) is 47.6 Å². The number of rotatable bonds is 8. The van der Waals surface area contributed by atoms with Crippen LogP contribution in [0.4, 0.5) is 0 Å². The Balaban J connectivity index is 1.89. The van der Waals surface area contributed by atoms with E-state index in [1.165, 1.54) is 16.7 Å². The number of thioether (sulfide) groups is 1. The summed E-state index contributed by atoms with van der Waals surface area (Å²) in [5, 5.41) is 0. The third kappa shape index (κ3) is 4.22. The van der Waals surface area contributed by atoms with Crippen molar-refractivity contribution in [2.24, 2.45) is 0 Å². The Kier molecular flexibility index (Phi) is 6.29. The molecule has 5 nitrogen and oxygen atoms in total. The van der Waals surface area contributed by atoms with Crippen LogP contribution in [0.15, 0.2) is 53.7 Å². The van der Waals surface area contributed by atoms with Crippen LogP contribution < -0.4 is 4.74 Å². The van der Waals surface area contributed by atoms with Gasteiger partial charge < -0.3 is 4.74 Å². The summed E-state index contributed by atoms with van der Waals surface area (Å²) in [4.78, 5) is 31.7. The fourth-order valence-corrected chi connectivity index (χ4v) is 3.71. The molecule has 0 fully saturated rings. The fraction of sp³-hybridized carbons (Fsp3) is 0.286. The second-order valence-corrected chi connectivity index (χ2v) is 7.34. The number of imide groups is 1. The highest BCUT2D eigenvalue weighted by Crippen LogP contribution is 2.37. The number of aromatic nitrogens is 1. The van der Waals surface area contributed by atoms with Crippen molar-refractivity contribution in [3.8, 4) is 5.75 Å². The Hall–Kier alpha value is -2.60. The molecule has 1 aliphatic heterocycles. The van der Waals surface area contributed by atoms with Crippen LogP contribution in [-0.2, 0) is 16.1 Å². The van der Waals surface area contributed by atoms with Crippen LogP contribution in [0.25, 0.3) is 5.57 Å². The van der Waals surface area contributed by atoms with Crippen LogP contribution in [0.3, 0.4) is 0 Å². The lowest BCUT2D eigenvalue weighted by Crippen LogP contribution is -2.30. The molecule has 1 aromatic carbocycles. The molecule has 2 amide bonds. The van der Waals surface area contributed by atoms with Crippen LogP contribution in [0, 0.1) is 0 Å². The zero-order chi connectivity index (χ0) is 19.2. The van der Waals surface area contributed by atoms with E-state index >= 15 is 0 Å². The van der Waals surface area contributed by atoms with Crippen LogP contribution in [-0.4, -0.2) is 34.1 Å². The monoisotopic (exact) mass is 382 g/mol. The number of nitrogens with zero attached hydrogens (tertiary/aromatic N) is 2. The number of ether oxygens (including phenoxy) is 1. The summed E-state index contributed by atoms with van der Waals surface area (Å²) < 4.78 is 5.61. The van der Waals surface area contributed by atoms with E-state index < -0.39 is 0 Å². The molecular weight excluding hydrogens is 360 g/mol. The smallest absolute Gasteiger partial charge is 0.268 e. The molecule has 0 aliphatic carbocycles. The first-order chi connectivity index (χ1) is 13.2. The van der Waals surface area contributed by atoms with Gasteiger partial charge in [-0.1, -0.05) is 26.0 Å². The Morgan fingerprint density at radius 1 is 1.00 bits per heavy atom. The highest BCUT2D eigenvalue weighted by atomic mass is 32.2. The third-order valence-electron chi connectivity index (χ3n) is 4.12. The van der Waals surface area contributed by atoms with Crippen molar-refractivity contribution in [1.29, 1.82) is 0 Å².